The molecule has 8 heteroatoms. The molecule has 8 nitrogen and oxygen atoms in total. The van der Waals surface area contributed by atoms with Gasteiger partial charge in [-0.15, -0.1) is 0 Å². The molecule has 1 aliphatic rings. The molecule has 2 heterocycles. The molecule has 126 valence electrons. The highest BCUT2D eigenvalue weighted by Crippen LogP contribution is 2.13. The summed E-state index contributed by atoms with van der Waals surface area (Å²) in [4.78, 5) is 34.7. The molecule has 0 aliphatic carbocycles. The number of hydrogen-bond donors (Lipinski definition) is 3. The van der Waals surface area contributed by atoms with E-state index in [1.807, 2.05) is 18.5 Å². The average Bonchev–Trinajstić information content (AvgIpc) is 2.65. The zero-order chi connectivity index (χ0) is 17.0. The number of amides is 4. The van der Waals surface area contributed by atoms with Crippen molar-refractivity contribution in [3.05, 3.63) is 17.0 Å². The Kier molecular flexibility index (Phi) is 5.36. The first-order valence-corrected chi connectivity index (χ1v) is 7.83. The molecular weight excluding hydrogens is 298 g/mol. The fourth-order valence-corrected chi connectivity index (χ4v) is 2.80. The Morgan fingerprint density at radius 1 is 1.39 bits per heavy atom. The number of imide groups is 1. The summed E-state index contributed by atoms with van der Waals surface area (Å²) in [6.07, 6.45) is 1.37. The van der Waals surface area contributed by atoms with Gasteiger partial charge in [0.1, 0.15) is 6.04 Å². The van der Waals surface area contributed by atoms with E-state index < -0.39 is 12.1 Å². The number of nitrogens with one attached hydrogen (secondary N) is 3. The second kappa shape index (κ2) is 7.26. The molecule has 0 unspecified atom stereocenters. The van der Waals surface area contributed by atoms with Crippen molar-refractivity contribution in [1.82, 2.24) is 25.7 Å². The minimum Gasteiger partial charge on any atom is -0.352 e. The van der Waals surface area contributed by atoms with E-state index in [0.717, 1.165) is 17.8 Å². The summed E-state index contributed by atoms with van der Waals surface area (Å²) in [5.41, 5.74) is 3.35. The van der Waals surface area contributed by atoms with Gasteiger partial charge in [0, 0.05) is 18.7 Å². The monoisotopic (exact) mass is 321 g/mol. The third-order valence-corrected chi connectivity index (χ3v) is 4.04. The van der Waals surface area contributed by atoms with E-state index in [1.165, 1.54) is 5.56 Å². The summed E-state index contributed by atoms with van der Waals surface area (Å²) < 4.78 is 1.88. The van der Waals surface area contributed by atoms with Crippen molar-refractivity contribution in [1.29, 1.82) is 0 Å². The Morgan fingerprint density at radius 2 is 2.13 bits per heavy atom. The lowest BCUT2D eigenvalue weighted by atomic mass is 10.1. The summed E-state index contributed by atoms with van der Waals surface area (Å²) >= 11 is 0. The SMILES string of the molecule is CCc1c(C)nn(CCNC(=O)[C@H]2CCC(=O)NC(=O)N2)c1C. The van der Waals surface area contributed by atoms with Gasteiger partial charge in [0.05, 0.1) is 12.2 Å². The third-order valence-electron chi connectivity index (χ3n) is 4.04. The van der Waals surface area contributed by atoms with Gasteiger partial charge in [-0.1, -0.05) is 6.92 Å². The van der Waals surface area contributed by atoms with Crippen LogP contribution in [-0.4, -0.2) is 40.2 Å². The van der Waals surface area contributed by atoms with E-state index >= 15 is 0 Å². The highest BCUT2D eigenvalue weighted by molar-refractivity contribution is 5.98. The summed E-state index contributed by atoms with van der Waals surface area (Å²) in [5, 5.41) is 11.9. The van der Waals surface area contributed by atoms with Gasteiger partial charge in [-0.3, -0.25) is 19.6 Å². The van der Waals surface area contributed by atoms with E-state index in [4.69, 9.17) is 0 Å². The predicted molar refractivity (Wildman–Crippen MR) is 83.8 cm³/mol. The predicted octanol–water partition coefficient (Wildman–Crippen LogP) is 0.167. The van der Waals surface area contributed by atoms with Gasteiger partial charge in [0.15, 0.2) is 0 Å². The average molecular weight is 321 g/mol. The number of aryl methyl sites for hydroxylation is 1. The van der Waals surface area contributed by atoms with Crippen molar-refractivity contribution >= 4 is 17.8 Å². The molecule has 0 spiro atoms. The van der Waals surface area contributed by atoms with Gasteiger partial charge >= 0.3 is 6.03 Å². The first-order valence-electron chi connectivity index (χ1n) is 7.83. The highest BCUT2D eigenvalue weighted by atomic mass is 16.2. The zero-order valence-corrected chi connectivity index (χ0v) is 13.7. The Morgan fingerprint density at radius 3 is 2.78 bits per heavy atom. The first kappa shape index (κ1) is 17.0. The third kappa shape index (κ3) is 4.08. The van der Waals surface area contributed by atoms with Crippen LogP contribution in [-0.2, 0) is 22.6 Å². The molecule has 1 aromatic heterocycles. The summed E-state index contributed by atoms with van der Waals surface area (Å²) in [6, 6.07) is -1.31. The Hall–Kier alpha value is -2.38. The van der Waals surface area contributed by atoms with Gasteiger partial charge in [0.25, 0.3) is 0 Å². The normalized spacial score (nSPS) is 18.1. The van der Waals surface area contributed by atoms with Gasteiger partial charge in [-0.25, -0.2) is 4.79 Å². The van der Waals surface area contributed by atoms with Crippen molar-refractivity contribution in [2.45, 2.75) is 52.6 Å². The maximum atomic E-state index is 12.1. The van der Waals surface area contributed by atoms with Gasteiger partial charge in [-0.05, 0) is 32.3 Å². The van der Waals surface area contributed by atoms with Crippen LogP contribution in [0.15, 0.2) is 0 Å². The molecule has 2 rings (SSSR count). The summed E-state index contributed by atoms with van der Waals surface area (Å²) in [7, 11) is 0. The van der Waals surface area contributed by atoms with Crippen molar-refractivity contribution in [3.63, 3.8) is 0 Å². The molecule has 1 atom stereocenters. The lowest BCUT2D eigenvalue weighted by molar-refractivity contribution is -0.123. The van der Waals surface area contributed by atoms with Crippen LogP contribution < -0.4 is 16.0 Å². The number of nitrogens with zero attached hydrogens (tertiary/aromatic N) is 2. The molecule has 23 heavy (non-hydrogen) atoms. The second-order valence-corrected chi connectivity index (χ2v) is 5.63. The largest absolute Gasteiger partial charge is 0.352 e. The molecule has 4 amide bonds. The maximum Gasteiger partial charge on any atom is 0.322 e. The fraction of sp³-hybridized carbons (Fsp3) is 0.600. The Bertz CT molecular complexity index is 623. The molecule has 0 radical (unpaired) electrons. The molecule has 0 aromatic carbocycles. The highest BCUT2D eigenvalue weighted by Gasteiger charge is 2.25. The van der Waals surface area contributed by atoms with E-state index in [-0.39, 0.29) is 18.2 Å². The Labute approximate surface area is 135 Å². The standard InChI is InChI=1S/C15H23N5O3/c1-4-11-9(2)19-20(10(11)3)8-7-16-14(22)12-5-6-13(21)18-15(23)17-12/h12H,4-8H2,1-3H3,(H,16,22)(H2,17,18,21,23)/t12-/m1/s1. The van der Waals surface area contributed by atoms with Crippen LogP contribution in [0.3, 0.4) is 0 Å². The minimum atomic E-state index is -0.687. The molecule has 1 fully saturated rings. The quantitative estimate of drug-likeness (QED) is 0.719. The molecule has 0 bridgehead atoms. The number of rotatable bonds is 5. The number of carbonyl (C=O) groups excluding carboxylic acids is 3. The van der Waals surface area contributed by atoms with Crippen molar-refractivity contribution < 1.29 is 14.4 Å². The molecule has 1 aliphatic heterocycles. The van der Waals surface area contributed by atoms with Crippen LogP contribution >= 0.6 is 0 Å². The lowest BCUT2D eigenvalue weighted by Gasteiger charge is -2.15. The van der Waals surface area contributed by atoms with E-state index in [9.17, 15) is 14.4 Å². The van der Waals surface area contributed by atoms with E-state index in [0.29, 0.717) is 19.5 Å². The van der Waals surface area contributed by atoms with E-state index in [2.05, 4.69) is 28.0 Å². The number of carbonyl (C=O) groups is 3. The maximum absolute atomic E-state index is 12.1. The molecular formula is C15H23N5O3. The fourth-order valence-electron chi connectivity index (χ4n) is 2.80. The van der Waals surface area contributed by atoms with Gasteiger partial charge < -0.3 is 10.6 Å². The van der Waals surface area contributed by atoms with Gasteiger partial charge in [-0.2, -0.15) is 5.10 Å². The first-order chi connectivity index (χ1) is 10.9. The van der Waals surface area contributed by atoms with Crippen molar-refractivity contribution in [3.8, 4) is 0 Å². The number of urea groups is 1. The van der Waals surface area contributed by atoms with Crippen LogP contribution in [0.1, 0.15) is 36.7 Å². The van der Waals surface area contributed by atoms with Crippen LogP contribution in [0.4, 0.5) is 4.79 Å². The smallest absolute Gasteiger partial charge is 0.322 e. The number of hydrogen-bond acceptors (Lipinski definition) is 4. The molecule has 1 saturated heterocycles. The molecule has 1 aromatic rings. The summed E-state index contributed by atoms with van der Waals surface area (Å²) in [6.45, 7) is 7.07. The molecule has 0 saturated carbocycles. The van der Waals surface area contributed by atoms with Crippen LogP contribution in [0, 0.1) is 13.8 Å². The van der Waals surface area contributed by atoms with Crippen LogP contribution in [0.25, 0.3) is 0 Å². The van der Waals surface area contributed by atoms with Crippen molar-refractivity contribution in [2.75, 3.05) is 6.54 Å². The van der Waals surface area contributed by atoms with Gasteiger partial charge in [0.2, 0.25) is 11.8 Å². The van der Waals surface area contributed by atoms with Crippen molar-refractivity contribution in [2.24, 2.45) is 0 Å². The topological polar surface area (TPSA) is 105 Å². The minimum absolute atomic E-state index is 0.147. The van der Waals surface area contributed by atoms with E-state index in [1.54, 1.807) is 0 Å². The Balaban J connectivity index is 1.87. The van der Waals surface area contributed by atoms with Crippen LogP contribution in [0.2, 0.25) is 0 Å². The lowest BCUT2D eigenvalue weighted by Crippen LogP contribution is -2.48. The van der Waals surface area contributed by atoms with Crippen LogP contribution in [0.5, 0.6) is 0 Å². The number of aromatic nitrogens is 2. The molecule has 3 N–H and O–H groups in total. The second-order valence-electron chi connectivity index (χ2n) is 5.63. The summed E-state index contributed by atoms with van der Waals surface area (Å²) in [5.74, 6) is -0.653. The zero-order valence-electron chi connectivity index (χ0n) is 13.7.